The fourth-order valence-corrected chi connectivity index (χ4v) is 5.88. The molecule has 0 aromatic heterocycles. The molecule has 0 aliphatic carbocycles. The average Bonchev–Trinajstić information content (AvgIpc) is 2.97. The van der Waals surface area contributed by atoms with Crippen LogP contribution in [0.1, 0.15) is 11.1 Å². The Morgan fingerprint density at radius 3 is 1.71 bits per heavy atom. The standard InChI is InChI=1S/C33H27NO4/c1-37-31(35)33(32(36)38-2)20-24-18-16-22-10-6-8-14-27(22)29(24)30-25(19-17-23-11-7-9-15-28(23)30)21-34(33)26-12-4-3-5-13-26/h3-19H,20-21H2,1-2H3. The van der Waals surface area contributed by atoms with Crippen molar-refractivity contribution in [2.75, 3.05) is 19.1 Å². The molecule has 5 heteroatoms. The quantitative estimate of drug-likeness (QED) is 0.214. The zero-order valence-electron chi connectivity index (χ0n) is 21.3. The summed E-state index contributed by atoms with van der Waals surface area (Å²) in [5.41, 5.74) is 3.01. The van der Waals surface area contributed by atoms with Gasteiger partial charge in [0.2, 0.25) is 5.54 Å². The maximum atomic E-state index is 13.8. The summed E-state index contributed by atoms with van der Waals surface area (Å²) in [4.78, 5) is 29.4. The Labute approximate surface area is 221 Å². The summed E-state index contributed by atoms with van der Waals surface area (Å²) < 4.78 is 10.7. The van der Waals surface area contributed by atoms with Crippen molar-refractivity contribution in [3.05, 3.63) is 114 Å². The second kappa shape index (κ2) is 9.34. The van der Waals surface area contributed by atoms with Gasteiger partial charge in [-0.3, -0.25) is 0 Å². The van der Waals surface area contributed by atoms with E-state index >= 15 is 0 Å². The van der Waals surface area contributed by atoms with Crippen LogP contribution in [-0.4, -0.2) is 31.7 Å². The van der Waals surface area contributed by atoms with Gasteiger partial charge in [0.05, 0.1) is 14.2 Å². The molecule has 0 radical (unpaired) electrons. The summed E-state index contributed by atoms with van der Waals surface area (Å²) in [7, 11) is 2.63. The molecule has 0 unspecified atom stereocenters. The highest BCUT2D eigenvalue weighted by molar-refractivity contribution is 6.12. The summed E-state index contributed by atoms with van der Waals surface area (Å²) >= 11 is 0. The first kappa shape index (κ1) is 23.7. The van der Waals surface area contributed by atoms with Gasteiger partial charge in [-0.05, 0) is 55.9 Å². The van der Waals surface area contributed by atoms with Crippen LogP contribution in [0.25, 0.3) is 32.7 Å². The molecule has 5 aromatic carbocycles. The summed E-state index contributed by atoms with van der Waals surface area (Å²) in [5, 5.41) is 4.41. The Hall–Kier alpha value is -4.64. The van der Waals surface area contributed by atoms with E-state index in [1.807, 2.05) is 71.6 Å². The molecule has 0 amide bonds. The molecule has 5 aromatic rings. The van der Waals surface area contributed by atoms with Crippen LogP contribution >= 0.6 is 0 Å². The zero-order valence-corrected chi connectivity index (χ0v) is 21.3. The number of fused-ring (bicyclic) bond motifs is 7. The van der Waals surface area contributed by atoms with Gasteiger partial charge < -0.3 is 14.4 Å². The van der Waals surface area contributed by atoms with E-state index in [0.717, 1.165) is 49.5 Å². The van der Waals surface area contributed by atoms with Crippen molar-refractivity contribution in [2.45, 2.75) is 18.5 Å². The van der Waals surface area contributed by atoms with E-state index in [9.17, 15) is 9.59 Å². The first-order valence-electron chi connectivity index (χ1n) is 12.6. The number of nitrogens with zero attached hydrogens (tertiary/aromatic N) is 1. The van der Waals surface area contributed by atoms with Crippen molar-refractivity contribution in [3.8, 4) is 11.1 Å². The van der Waals surface area contributed by atoms with E-state index in [4.69, 9.17) is 9.47 Å². The maximum Gasteiger partial charge on any atom is 0.343 e. The Bertz CT molecular complexity index is 1680. The lowest BCUT2D eigenvalue weighted by Crippen LogP contribution is -2.63. The molecule has 0 bridgehead atoms. The van der Waals surface area contributed by atoms with Crippen molar-refractivity contribution in [1.82, 2.24) is 0 Å². The van der Waals surface area contributed by atoms with Gasteiger partial charge in [0.15, 0.2) is 0 Å². The van der Waals surface area contributed by atoms with E-state index in [-0.39, 0.29) is 6.42 Å². The molecule has 0 atom stereocenters. The van der Waals surface area contributed by atoms with E-state index in [0.29, 0.717) is 6.54 Å². The lowest BCUT2D eigenvalue weighted by molar-refractivity contribution is -0.161. The molecule has 0 N–H and O–H groups in total. The summed E-state index contributed by atoms with van der Waals surface area (Å²) in [5.74, 6) is -1.31. The summed E-state index contributed by atoms with van der Waals surface area (Å²) in [6.07, 6.45) is 0.0874. The number of esters is 2. The molecule has 0 spiro atoms. The number of rotatable bonds is 3. The minimum atomic E-state index is -1.73. The molecule has 1 heterocycles. The predicted molar refractivity (Wildman–Crippen MR) is 150 cm³/mol. The molecule has 0 saturated carbocycles. The van der Waals surface area contributed by atoms with Crippen molar-refractivity contribution in [3.63, 3.8) is 0 Å². The number of hydrogen-bond acceptors (Lipinski definition) is 5. The number of benzene rings is 5. The molecule has 188 valence electrons. The fourth-order valence-electron chi connectivity index (χ4n) is 5.88. The topological polar surface area (TPSA) is 55.8 Å². The van der Waals surface area contributed by atoms with Gasteiger partial charge in [-0.25, -0.2) is 9.59 Å². The highest BCUT2D eigenvalue weighted by Gasteiger charge is 2.55. The van der Waals surface area contributed by atoms with Gasteiger partial charge in [0, 0.05) is 18.7 Å². The lowest BCUT2D eigenvalue weighted by atomic mass is 9.78. The summed E-state index contributed by atoms with van der Waals surface area (Å²) in [6, 6.07) is 34.4. The highest BCUT2D eigenvalue weighted by Crippen LogP contribution is 2.45. The minimum absolute atomic E-state index is 0.0874. The molecule has 1 aliphatic heterocycles. The monoisotopic (exact) mass is 501 g/mol. The van der Waals surface area contributed by atoms with Crippen molar-refractivity contribution < 1.29 is 19.1 Å². The first-order valence-corrected chi connectivity index (χ1v) is 12.6. The van der Waals surface area contributed by atoms with Crippen LogP contribution in [0.2, 0.25) is 0 Å². The number of ether oxygens (including phenoxy) is 2. The van der Waals surface area contributed by atoms with E-state index in [2.05, 4.69) is 36.4 Å². The number of methoxy groups -OCH3 is 2. The number of anilines is 1. The van der Waals surface area contributed by atoms with Crippen molar-refractivity contribution in [2.24, 2.45) is 0 Å². The normalized spacial score (nSPS) is 14.2. The minimum Gasteiger partial charge on any atom is -0.467 e. The van der Waals surface area contributed by atoms with Crippen LogP contribution in [-0.2, 0) is 32.0 Å². The molecule has 6 rings (SSSR count). The smallest absolute Gasteiger partial charge is 0.343 e. The van der Waals surface area contributed by atoms with Crippen LogP contribution < -0.4 is 4.90 Å². The molecule has 1 aliphatic rings. The number of carbonyl (C=O) groups is 2. The molecule has 0 saturated heterocycles. The van der Waals surface area contributed by atoms with Crippen LogP contribution in [0, 0.1) is 0 Å². The van der Waals surface area contributed by atoms with Gasteiger partial charge in [-0.15, -0.1) is 0 Å². The molecular formula is C33H27NO4. The zero-order chi connectivity index (χ0) is 26.3. The third-order valence-corrected chi connectivity index (χ3v) is 7.63. The number of carbonyl (C=O) groups excluding carboxylic acids is 2. The second-order valence-electron chi connectivity index (χ2n) is 9.58. The Balaban J connectivity index is 1.77. The van der Waals surface area contributed by atoms with E-state index in [1.54, 1.807) is 0 Å². The lowest BCUT2D eigenvalue weighted by Gasteiger charge is -2.43. The Morgan fingerprint density at radius 2 is 1.13 bits per heavy atom. The molecule has 5 nitrogen and oxygen atoms in total. The largest absolute Gasteiger partial charge is 0.467 e. The van der Waals surface area contributed by atoms with Crippen LogP contribution in [0.3, 0.4) is 0 Å². The average molecular weight is 502 g/mol. The van der Waals surface area contributed by atoms with Gasteiger partial charge in [0.25, 0.3) is 0 Å². The second-order valence-corrected chi connectivity index (χ2v) is 9.58. The Morgan fingerprint density at radius 1 is 0.632 bits per heavy atom. The third kappa shape index (κ3) is 3.54. The van der Waals surface area contributed by atoms with Crippen molar-refractivity contribution in [1.29, 1.82) is 0 Å². The van der Waals surface area contributed by atoms with Crippen LogP contribution in [0.4, 0.5) is 5.69 Å². The van der Waals surface area contributed by atoms with Gasteiger partial charge in [-0.2, -0.15) is 0 Å². The third-order valence-electron chi connectivity index (χ3n) is 7.63. The molecular weight excluding hydrogens is 474 g/mol. The number of hydrogen-bond donors (Lipinski definition) is 0. The highest BCUT2D eigenvalue weighted by atomic mass is 16.5. The SMILES string of the molecule is COC(=O)C1(C(=O)OC)Cc2ccc3ccccc3c2-c2c(ccc3ccccc23)CN1c1ccccc1. The van der Waals surface area contributed by atoms with Crippen molar-refractivity contribution >= 4 is 39.2 Å². The van der Waals surface area contributed by atoms with Crippen LogP contribution in [0.15, 0.2) is 103 Å². The van der Waals surface area contributed by atoms with Gasteiger partial charge in [-0.1, -0.05) is 91.0 Å². The first-order chi connectivity index (χ1) is 18.6. The Kier molecular flexibility index (Phi) is 5.84. The van der Waals surface area contributed by atoms with E-state index in [1.165, 1.54) is 14.2 Å². The van der Waals surface area contributed by atoms with Crippen LogP contribution in [0.5, 0.6) is 0 Å². The van der Waals surface area contributed by atoms with Gasteiger partial charge in [0.1, 0.15) is 0 Å². The summed E-state index contributed by atoms with van der Waals surface area (Å²) in [6.45, 7) is 0.303. The predicted octanol–water partition coefficient (Wildman–Crippen LogP) is 6.31. The maximum absolute atomic E-state index is 13.8. The fraction of sp³-hybridized carbons (Fsp3) is 0.152. The van der Waals surface area contributed by atoms with E-state index < -0.39 is 17.5 Å². The molecule has 38 heavy (non-hydrogen) atoms. The van der Waals surface area contributed by atoms with Gasteiger partial charge >= 0.3 is 11.9 Å². The number of para-hydroxylation sites is 1. The molecule has 0 fully saturated rings.